The summed E-state index contributed by atoms with van der Waals surface area (Å²) >= 11 is 1.56. The summed E-state index contributed by atoms with van der Waals surface area (Å²) in [5.41, 5.74) is 7.02. The van der Waals surface area contributed by atoms with Crippen molar-refractivity contribution in [3.8, 4) is 5.75 Å². The lowest BCUT2D eigenvalue weighted by molar-refractivity contribution is -0.117. The molecule has 96 valence electrons. The third-order valence-corrected chi connectivity index (χ3v) is 3.72. The number of nitrogens with two attached hydrogens (primary N) is 1. The molecule has 0 fully saturated rings. The van der Waals surface area contributed by atoms with Gasteiger partial charge in [0.25, 0.3) is 5.91 Å². The molecule has 1 aliphatic heterocycles. The average molecular weight is 272 g/mol. The largest absolute Gasteiger partial charge is 0.449 e. The molecule has 1 aromatic carbocycles. The van der Waals surface area contributed by atoms with E-state index in [0.717, 1.165) is 4.88 Å². The van der Waals surface area contributed by atoms with Gasteiger partial charge in [-0.2, -0.15) is 0 Å². The van der Waals surface area contributed by atoms with E-state index < -0.39 is 0 Å². The minimum absolute atomic E-state index is 0.175. The first-order chi connectivity index (χ1) is 9.15. The molecule has 3 rings (SSSR count). The van der Waals surface area contributed by atoms with Crippen LogP contribution in [-0.4, -0.2) is 13.0 Å². The Labute approximate surface area is 114 Å². The van der Waals surface area contributed by atoms with E-state index >= 15 is 0 Å². The number of amides is 1. The number of nitrogen functional groups attached to an aromatic ring is 1. The standard InChI is InChI=1S/C14H12N2O2S/c1-16-11-7-9(15)4-5-12(11)18-13(14(16)17)8-10-3-2-6-19-10/h2-8H,15H2,1H3/b13-8+. The zero-order valence-electron chi connectivity index (χ0n) is 10.3. The lowest BCUT2D eigenvalue weighted by atomic mass is 10.2. The van der Waals surface area contributed by atoms with E-state index in [1.165, 1.54) is 0 Å². The van der Waals surface area contributed by atoms with E-state index in [1.807, 2.05) is 17.5 Å². The van der Waals surface area contributed by atoms with Crippen molar-refractivity contribution in [3.63, 3.8) is 0 Å². The Kier molecular flexibility index (Phi) is 2.76. The van der Waals surface area contributed by atoms with E-state index in [9.17, 15) is 4.79 Å². The van der Waals surface area contributed by atoms with Crippen LogP contribution in [-0.2, 0) is 4.79 Å². The van der Waals surface area contributed by atoms with Gasteiger partial charge in [-0.25, -0.2) is 0 Å². The number of anilines is 2. The lowest BCUT2D eigenvalue weighted by Crippen LogP contribution is -2.33. The first kappa shape index (κ1) is 11.8. The third kappa shape index (κ3) is 2.08. The van der Waals surface area contributed by atoms with Crippen LogP contribution in [0.25, 0.3) is 6.08 Å². The fourth-order valence-electron chi connectivity index (χ4n) is 1.91. The first-order valence-corrected chi connectivity index (χ1v) is 6.64. The predicted molar refractivity (Wildman–Crippen MR) is 77.2 cm³/mol. The molecule has 0 unspecified atom stereocenters. The minimum Gasteiger partial charge on any atom is -0.449 e. The van der Waals surface area contributed by atoms with E-state index in [1.54, 1.807) is 47.6 Å². The van der Waals surface area contributed by atoms with Crippen LogP contribution >= 0.6 is 11.3 Å². The monoisotopic (exact) mass is 272 g/mol. The summed E-state index contributed by atoms with van der Waals surface area (Å²) in [7, 11) is 1.71. The molecule has 1 aliphatic rings. The van der Waals surface area contributed by atoms with Crippen molar-refractivity contribution in [1.82, 2.24) is 0 Å². The number of nitrogens with zero attached hydrogens (tertiary/aromatic N) is 1. The number of fused-ring (bicyclic) bond motifs is 1. The van der Waals surface area contributed by atoms with Crippen LogP contribution < -0.4 is 15.4 Å². The molecule has 5 heteroatoms. The Morgan fingerprint density at radius 2 is 2.21 bits per heavy atom. The summed E-state index contributed by atoms with van der Waals surface area (Å²) in [6, 6.07) is 9.13. The fraction of sp³-hybridized carbons (Fsp3) is 0.0714. The van der Waals surface area contributed by atoms with Gasteiger partial charge in [-0.3, -0.25) is 4.79 Å². The Morgan fingerprint density at radius 3 is 2.95 bits per heavy atom. The first-order valence-electron chi connectivity index (χ1n) is 5.76. The molecule has 2 heterocycles. The van der Waals surface area contributed by atoms with Crippen molar-refractivity contribution < 1.29 is 9.53 Å². The zero-order chi connectivity index (χ0) is 13.4. The van der Waals surface area contributed by atoms with Gasteiger partial charge < -0.3 is 15.4 Å². The highest BCUT2D eigenvalue weighted by molar-refractivity contribution is 7.10. The number of ether oxygens (including phenoxy) is 1. The van der Waals surface area contributed by atoms with Gasteiger partial charge in [-0.05, 0) is 29.6 Å². The summed E-state index contributed by atoms with van der Waals surface area (Å²) in [4.78, 5) is 14.8. The fourth-order valence-corrected chi connectivity index (χ4v) is 2.56. The van der Waals surface area contributed by atoms with E-state index in [-0.39, 0.29) is 5.91 Å². The molecule has 0 bridgehead atoms. The van der Waals surface area contributed by atoms with Gasteiger partial charge >= 0.3 is 0 Å². The number of hydrogen-bond donors (Lipinski definition) is 1. The van der Waals surface area contributed by atoms with E-state index in [4.69, 9.17) is 10.5 Å². The van der Waals surface area contributed by atoms with Crippen molar-refractivity contribution >= 4 is 34.7 Å². The summed E-state index contributed by atoms with van der Waals surface area (Å²) < 4.78 is 5.66. The number of carbonyl (C=O) groups is 1. The molecule has 0 radical (unpaired) electrons. The van der Waals surface area contributed by atoms with Crippen LogP contribution in [0.15, 0.2) is 41.5 Å². The van der Waals surface area contributed by atoms with E-state index in [2.05, 4.69) is 0 Å². The molecule has 4 nitrogen and oxygen atoms in total. The maximum atomic E-state index is 12.2. The molecule has 19 heavy (non-hydrogen) atoms. The molecule has 0 saturated carbocycles. The second kappa shape index (κ2) is 4.44. The topological polar surface area (TPSA) is 55.6 Å². The van der Waals surface area contributed by atoms with Crippen molar-refractivity contribution in [2.75, 3.05) is 17.7 Å². The van der Waals surface area contributed by atoms with Gasteiger partial charge in [-0.1, -0.05) is 6.07 Å². The van der Waals surface area contributed by atoms with Crippen LogP contribution in [0.2, 0.25) is 0 Å². The Balaban J connectivity index is 2.04. The Morgan fingerprint density at radius 1 is 1.37 bits per heavy atom. The predicted octanol–water partition coefficient (Wildman–Crippen LogP) is 2.73. The molecule has 0 aliphatic carbocycles. The van der Waals surface area contributed by atoms with E-state index in [0.29, 0.717) is 22.9 Å². The van der Waals surface area contributed by atoms with Crippen LogP contribution in [0.5, 0.6) is 5.75 Å². The zero-order valence-corrected chi connectivity index (χ0v) is 11.1. The summed E-state index contributed by atoms with van der Waals surface area (Å²) in [6.07, 6.45) is 1.75. The van der Waals surface area contributed by atoms with Crippen LogP contribution in [0.3, 0.4) is 0 Å². The number of carbonyl (C=O) groups excluding carboxylic acids is 1. The maximum Gasteiger partial charge on any atom is 0.293 e. The van der Waals surface area contributed by atoms with Gasteiger partial charge in [0.15, 0.2) is 11.5 Å². The van der Waals surface area contributed by atoms with Crippen LogP contribution in [0.4, 0.5) is 11.4 Å². The van der Waals surface area contributed by atoms with Gasteiger partial charge in [0, 0.05) is 23.7 Å². The highest BCUT2D eigenvalue weighted by Gasteiger charge is 2.27. The number of rotatable bonds is 1. The second-order valence-electron chi connectivity index (χ2n) is 4.22. The molecular weight excluding hydrogens is 260 g/mol. The molecule has 0 spiro atoms. The van der Waals surface area contributed by atoms with Crippen molar-refractivity contribution in [1.29, 1.82) is 0 Å². The molecule has 2 aromatic rings. The Bertz CT molecular complexity index is 662. The normalized spacial score (nSPS) is 16.4. The van der Waals surface area contributed by atoms with Crippen LogP contribution in [0, 0.1) is 0 Å². The number of benzene rings is 1. The SMILES string of the molecule is CN1C(=O)/C(=C\c2cccs2)Oc2ccc(N)cc21. The molecule has 0 saturated heterocycles. The summed E-state index contributed by atoms with van der Waals surface area (Å²) in [6.45, 7) is 0. The smallest absolute Gasteiger partial charge is 0.293 e. The highest BCUT2D eigenvalue weighted by atomic mass is 32.1. The summed E-state index contributed by atoms with van der Waals surface area (Å²) in [5.74, 6) is 0.785. The van der Waals surface area contributed by atoms with Crippen LogP contribution in [0.1, 0.15) is 4.88 Å². The molecule has 0 atom stereocenters. The molecule has 1 amide bonds. The van der Waals surface area contributed by atoms with Gasteiger partial charge in [0.2, 0.25) is 0 Å². The quantitative estimate of drug-likeness (QED) is 0.641. The molecule has 2 N–H and O–H groups in total. The number of hydrogen-bond acceptors (Lipinski definition) is 4. The third-order valence-electron chi connectivity index (χ3n) is 2.90. The maximum absolute atomic E-state index is 12.2. The summed E-state index contributed by atoms with van der Waals surface area (Å²) in [5, 5.41) is 1.96. The van der Waals surface area contributed by atoms with Gasteiger partial charge in [-0.15, -0.1) is 11.3 Å². The highest BCUT2D eigenvalue weighted by Crippen LogP contribution is 2.36. The molecule has 1 aromatic heterocycles. The minimum atomic E-state index is -0.175. The van der Waals surface area contributed by atoms with Crippen molar-refractivity contribution in [2.45, 2.75) is 0 Å². The lowest BCUT2D eigenvalue weighted by Gasteiger charge is -2.27. The number of thiophene rings is 1. The van der Waals surface area contributed by atoms with Crippen molar-refractivity contribution in [2.24, 2.45) is 0 Å². The average Bonchev–Trinajstić information content (AvgIpc) is 2.89. The van der Waals surface area contributed by atoms with Crippen molar-refractivity contribution in [3.05, 3.63) is 46.3 Å². The second-order valence-corrected chi connectivity index (χ2v) is 5.20. The van der Waals surface area contributed by atoms with Gasteiger partial charge in [0.1, 0.15) is 0 Å². The Hall–Kier alpha value is -2.27. The number of likely N-dealkylation sites (N-methyl/N-ethyl adjacent to an activating group) is 1. The van der Waals surface area contributed by atoms with Gasteiger partial charge in [0.05, 0.1) is 5.69 Å². The molecular formula is C14H12N2O2S.